The molecule has 2 aromatic carbocycles. The average molecular weight is 600 g/mol. The number of halogens is 1. The minimum Gasteiger partial charge on any atom is -0.491 e. The molecule has 0 aliphatic heterocycles. The highest BCUT2D eigenvalue weighted by molar-refractivity contribution is 7.88. The average Bonchev–Trinajstić information content (AvgIpc) is 3.59. The number of H-pyrrole nitrogens is 2. The molecule has 6 rings (SSSR count). The quantitative estimate of drug-likeness (QED) is 0.203. The van der Waals surface area contributed by atoms with Gasteiger partial charge in [-0.25, -0.2) is 22.5 Å². The van der Waals surface area contributed by atoms with Crippen LogP contribution in [0.2, 0.25) is 0 Å². The number of benzene rings is 2. The molecule has 0 bridgehead atoms. The van der Waals surface area contributed by atoms with Gasteiger partial charge in [0.05, 0.1) is 18.1 Å². The fourth-order valence-corrected chi connectivity index (χ4v) is 5.35. The fourth-order valence-electron chi connectivity index (χ4n) is 4.93. The third kappa shape index (κ3) is 6.41. The van der Waals surface area contributed by atoms with Crippen molar-refractivity contribution in [3.63, 3.8) is 0 Å². The molecule has 12 heteroatoms. The van der Waals surface area contributed by atoms with E-state index in [1.165, 1.54) is 12.1 Å². The summed E-state index contributed by atoms with van der Waals surface area (Å²) in [4.78, 5) is 14.4. The minimum absolute atomic E-state index is 0.00676. The van der Waals surface area contributed by atoms with Gasteiger partial charge in [-0.1, -0.05) is 12.1 Å². The van der Waals surface area contributed by atoms with Gasteiger partial charge in [0, 0.05) is 52.9 Å². The molecule has 10 nitrogen and oxygen atoms in total. The molecule has 0 fully saturated rings. The standard InChI is InChI=1S/C31H30FN7O3S/c1-39(2)7-8-42-24-12-21(16-33-18-24)22-13-27-30(37-38-31(27)34-17-22)29-14-26-25(5-4-6-28(26)36-29)20-9-19(10-23(32)11-20)15-35-43(3,40)41/h4-6,9-14,16-18,35-36H,7-8,15H2,1-3H3,(H,34,37,38). The van der Waals surface area contributed by atoms with E-state index in [4.69, 9.17) is 4.74 Å². The van der Waals surface area contributed by atoms with Gasteiger partial charge in [-0.15, -0.1) is 0 Å². The molecule has 0 amide bonds. The topological polar surface area (TPSA) is 129 Å². The van der Waals surface area contributed by atoms with E-state index in [0.717, 1.165) is 51.5 Å². The molecular formula is C31H30FN7O3S. The van der Waals surface area contributed by atoms with Crippen LogP contribution in [-0.4, -0.2) is 72.0 Å². The number of ether oxygens (including phenoxy) is 1. The summed E-state index contributed by atoms with van der Waals surface area (Å²) in [5, 5.41) is 9.27. The SMILES string of the molecule is CN(C)CCOc1cncc(-c2cnc3[nH]nc(-c4cc5c(-c6cc(F)cc(CNS(C)(=O)=O)c6)cccc5[nH]4)c3c2)c1. The Bertz CT molecular complexity index is 2050. The number of hydrogen-bond donors (Lipinski definition) is 3. The predicted octanol–water partition coefficient (Wildman–Crippen LogP) is 4.96. The van der Waals surface area contributed by atoms with Gasteiger partial charge in [0.25, 0.3) is 0 Å². The zero-order valence-corrected chi connectivity index (χ0v) is 24.7. The highest BCUT2D eigenvalue weighted by Gasteiger charge is 2.16. The van der Waals surface area contributed by atoms with Crippen molar-refractivity contribution in [2.45, 2.75) is 6.54 Å². The van der Waals surface area contributed by atoms with Crippen molar-refractivity contribution in [3.8, 4) is 39.4 Å². The number of hydrogen-bond acceptors (Lipinski definition) is 7. The summed E-state index contributed by atoms with van der Waals surface area (Å²) in [5.74, 6) is 0.233. The summed E-state index contributed by atoms with van der Waals surface area (Å²) in [6.07, 6.45) is 6.31. The number of nitrogens with one attached hydrogen (secondary N) is 3. The third-order valence-electron chi connectivity index (χ3n) is 7.00. The highest BCUT2D eigenvalue weighted by Crippen LogP contribution is 2.35. The molecule has 0 unspecified atom stereocenters. The lowest BCUT2D eigenvalue weighted by molar-refractivity contribution is 0.261. The summed E-state index contributed by atoms with van der Waals surface area (Å²) in [5.41, 5.74) is 6.64. The zero-order valence-electron chi connectivity index (χ0n) is 23.8. The summed E-state index contributed by atoms with van der Waals surface area (Å²) in [6, 6.07) is 16.2. The number of fused-ring (bicyclic) bond motifs is 2. The molecular weight excluding hydrogens is 569 g/mol. The van der Waals surface area contributed by atoms with E-state index < -0.39 is 15.8 Å². The second kappa shape index (κ2) is 11.6. The van der Waals surface area contributed by atoms with Crippen LogP contribution in [0.15, 0.2) is 73.2 Å². The summed E-state index contributed by atoms with van der Waals surface area (Å²) >= 11 is 0. The van der Waals surface area contributed by atoms with E-state index in [9.17, 15) is 12.8 Å². The van der Waals surface area contributed by atoms with Crippen LogP contribution >= 0.6 is 0 Å². The largest absolute Gasteiger partial charge is 0.491 e. The maximum Gasteiger partial charge on any atom is 0.209 e. The third-order valence-corrected chi connectivity index (χ3v) is 7.67. The van der Waals surface area contributed by atoms with Gasteiger partial charge >= 0.3 is 0 Å². The fraction of sp³-hybridized carbons (Fsp3) is 0.194. The lowest BCUT2D eigenvalue weighted by atomic mass is 9.99. The lowest BCUT2D eigenvalue weighted by Crippen LogP contribution is -2.21. The van der Waals surface area contributed by atoms with Crippen molar-refractivity contribution in [1.82, 2.24) is 34.8 Å². The number of sulfonamides is 1. The second-order valence-corrected chi connectivity index (χ2v) is 12.5. The second-order valence-electron chi connectivity index (χ2n) is 10.6. The summed E-state index contributed by atoms with van der Waals surface area (Å²) in [6.45, 7) is 1.34. The predicted molar refractivity (Wildman–Crippen MR) is 166 cm³/mol. The first-order valence-electron chi connectivity index (χ1n) is 13.6. The van der Waals surface area contributed by atoms with Crippen molar-refractivity contribution in [2.24, 2.45) is 0 Å². The van der Waals surface area contributed by atoms with Crippen LogP contribution < -0.4 is 9.46 Å². The Morgan fingerprint density at radius 3 is 2.63 bits per heavy atom. The molecule has 0 atom stereocenters. The van der Waals surface area contributed by atoms with Crippen LogP contribution in [0.5, 0.6) is 5.75 Å². The molecule has 0 aliphatic rings. The van der Waals surface area contributed by atoms with Gasteiger partial charge < -0.3 is 14.6 Å². The number of likely N-dealkylation sites (N-methyl/N-ethyl adjacent to an activating group) is 1. The molecule has 6 aromatic rings. The van der Waals surface area contributed by atoms with Gasteiger partial charge in [0.2, 0.25) is 10.0 Å². The van der Waals surface area contributed by atoms with E-state index in [1.54, 1.807) is 24.7 Å². The first kappa shape index (κ1) is 28.5. The van der Waals surface area contributed by atoms with Crippen LogP contribution in [0.4, 0.5) is 4.39 Å². The first-order valence-corrected chi connectivity index (χ1v) is 15.5. The lowest BCUT2D eigenvalue weighted by Gasteiger charge is -2.11. The Kier molecular flexibility index (Phi) is 7.65. The molecule has 0 spiro atoms. The summed E-state index contributed by atoms with van der Waals surface area (Å²) < 4.78 is 46.0. The first-order chi connectivity index (χ1) is 20.6. The Morgan fingerprint density at radius 2 is 1.81 bits per heavy atom. The van der Waals surface area contributed by atoms with E-state index >= 15 is 0 Å². The van der Waals surface area contributed by atoms with Gasteiger partial charge in [-0.3, -0.25) is 10.1 Å². The number of rotatable bonds is 10. The van der Waals surface area contributed by atoms with Gasteiger partial charge in [0.15, 0.2) is 5.65 Å². The number of pyridine rings is 2. The highest BCUT2D eigenvalue weighted by atomic mass is 32.2. The minimum atomic E-state index is -3.42. The van der Waals surface area contributed by atoms with Gasteiger partial charge in [-0.2, -0.15) is 5.10 Å². The molecule has 0 radical (unpaired) electrons. The van der Waals surface area contributed by atoms with Crippen molar-refractivity contribution < 1.29 is 17.5 Å². The molecule has 0 saturated heterocycles. The van der Waals surface area contributed by atoms with E-state index in [0.29, 0.717) is 34.8 Å². The van der Waals surface area contributed by atoms with Crippen LogP contribution in [0.25, 0.3) is 55.6 Å². The van der Waals surface area contributed by atoms with E-state index in [-0.39, 0.29) is 6.54 Å². The summed E-state index contributed by atoms with van der Waals surface area (Å²) in [7, 11) is 0.570. The van der Waals surface area contributed by atoms with Crippen LogP contribution in [-0.2, 0) is 16.6 Å². The molecule has 220 valence electrons. The monoisotopic (exact) mass is 599 g/mol. The molecule has 0 aliphatic carbocycles. The van der Waals surface area contributed by atoms with Crippen molar-refractivity contribution >= 4 is 32.0 Å². The number of nitrogens with zero attached hydrogens (tertiary/aromatic N) is 4. The molecule has 43 heavy (non-hydrogen) atoms. The van der Waals surface area contributed by atoms with Crippen LogP contribution in [0.1, 0.15) is 5.56 Å². The zero-order chi connectivity index (χ0) is 30.1. The Hall–Kier alpha value is -4.65. The van der Waals surface area contributed by atoms with Crippen LogP contribution in [0.3, 0.4) is 0 Å². The maximum atomic E-state index is 14.6. The van der Waals surface area contributed by atoms with Crippen LogP contribution in [0, 0.1) is 5.82 Å². The maximum absolute atomic E-state index is 14.6. The Morgan fingerprint density at radius 1 is 0.977 bits per heavy atom. The Labute approximate surface area is 248 Å². The molecule has 3 N–H and O–H groups in total. The van der Waals surface area contributed by atoms with Crippen molar-refractivity contribution in [2.75, 3.05) is 33.5 Å². The van der Waals surface area contributed by atoms with Crippen molar-refractivity contribution in [3.05, 3.63) is 84.6 Å². The van der Waals surface area contributed by atoms with E-state index in [2.05, 4.69) is 34.8 Å². The van der Waals surface area contributed by atoms with Crippen molar-refractivity contribution in [1.29, 1.82) is 0 Å². The Balaban J connectivity index is 1.35. The van der Waals surface area contributed by atoms with E-state index in [1.807, 2.05) is 50.5 Å². The van der Waals surface area contributed by atoms with Gasteiger partial charge in [-0.05, 0) is 73.3 Å². The molecule has 4 heterocycles. The molecule has 4 aromatic heterocycles. The number of aromatic amines is 2. The smallest absolute Gasteiger partial charge is 0.209 e. The number of aromatic nitrogens is 5. The van der Waals surface area contributed by atoms with Gasteiger partial charge in [0.1, 0.15) is 23.9 Å². The normalized spacial score (nSPS) is 12.0. The molecule has 0 saturated carbocycles.